The predicted molar refractivity (Wildman–Crippen MR) is 98.2 cm³/mol. The van der Waals surface area contributed by atoms with Crippen molar-refractivity contribution in [3.05, 3.63) is 29.3 Å². The molecule has 1 aliphatic heterocycles. The maximum atomic E-state index is 12.5. The van der Waals surface area contributed by atoms with E-state index in [-0.39, 0.29) is 35.3 Å². The Labute approximate surface area is 159 Å². The largest absolute Gasteiger partial charge is 0.535 e. The molecule has 0 spiro atoms. The SMILES string of the molecule is CCC(=O)C[C@H]1Cc2cccc(C(=O)OC(C)OC(=O)C(C)C)c2OB1O. The number of ketones is 1. The maximum Gasteiger partial charge on any atom is 0.526 e. The van der Waals surface area contributed by atoms with Gasteiger partial charge in [0.25, 0.3) is 0 Å². The third-order valence-electron chi connectivity index (χ3n) is 4.35. The van der Waals surface area contributed by atoms with Gasteiger partial charge in [-0.3, -0.25) is 9.59 Å². The highest BCUT2D eigenvalue weighted by Gasteiger charge is 2.37. The molecule has 1 aliphatic rings. The lowest BCUT2D eigenvalue weighted by molar-refractivity contribution is -0.169. The molecule has 0 bridgehead atoms. The molecule has 1 N–H and O–H groups in total. The van der Waals surface area contributed by atoms with Crippen LogP contribution in [0.3, 0.4) is 0 Å². The van der Waals surface area contributed by atoms with E-state index >= 15 is 0 Å². The lowest BCUT2D eigenvalue weighted by Gasteiger charge is -2.28. The van der Waals surface area contributed by atoms with Crippen molar-refractivity contribution in [2.24, 2.45) is 5.92 Å². The van der Waals surface area contributed by atoms with Crippen LogP contribution in [0.25, 0.3) is 0 Å². The van der Waals surface area contributed by atoms with Crippen LogP contribution in [0.4, 0.5) is 0 Å². The second kappa shape index (κ2) is 9.04. The van der Waals surface area contributed by atoms with Crippen molar-refractivity contribution < 1.29 is 33.5 Å². The molecular weight excluding hydrogens is 351 g/mol. The van der Waals surface area contributed by atoms with Gasteiger partial charge >= 0.3 is 19.1 Å². The molecule has 0 amide bonds. The normalized spacial score (nSPS) is 17.0. The quantitative estimate of drug-likeness (QED) is 0.444. The second-order valence-corrected chi connectivity index (χ2v) is 6.93. The van der Waals surface area contributed by atoms with Crippen molar-refractivity contribution in [1.29, 1.82) is 0 Å². The first-order chi connectivity index (χ1) is 12.7. The van der Waals surface area contributed by atoms with Crippen molar-refractivity contribution in [1.82, 2.24) is 0 Å². The summed E-state index contributed by atoms with van der Waals surface area (Å²) in [5, 5.41) is 10.2. The predicted octanol–water partition coefficient (Wildman–Crippen LogP) is 2.54. The highest BCUT2D eigenvalue weighted by atomic mass is 16.7. The van der Waals surface area contributed by atoms with E-state index in [2.05, 4.69) is 0 Å². The first-order valence-electron chi connectivity index (χ1n) is 9.12. The summed E-state index contributed by atoms with van der Waals surface area (Å²) < 4.78 is 15.7. The third-order valence-corrected chi connectivity index (χ3v) is 4.35. The van der Waals surface area contributed by atoms with Gasteiger partial charge in [0.15, 0.2) is 0 Å². The Morgan fingerprint density at radius 3 is 2.59 bits per heavy atom. The average Bonchev–Trinajstić information content (AvgIpc) is 2.61. The molecule has 1 aromatic rings. The molecule has 0 aromatic heterocycles. The van der Waals surface area contributed by atoms with E-state index in [0.717, 1.165) is 5.56 Å². The Morgan fingerprint density at radius 2 is 1.96 bits per heavy atom. The summed E-state index contributed by atoms with van der Waals surface area (Å²) in [7, 11) is -1.18. The molecule has 0 fully saturated rings. The van der Waals surface area contributed by atoms with Gasteiger partial charge in [-0.2, -0.15) is 0 Å². The van der Waals surface area contributed by atoms with Crippen LogP contribution >= 0.6 is 0 Å². The Kier molecular flexibility index (Phi) is 7.01. The Balaban J connectivity index is 2.12. The highest BCUT2D eigenvalue weighted by molar-refractivity contribution is 6.47. The zero-order valence-corrected chi connectivity index (χ0v) is 16.1. The van der Waals surface area contributed by atoms with Gasteiger partial charge in [-0.1, -0.05) is 32.9 Å². The van der Waals surface area contributed by atoms with Crippen molar-refractivity contribution in [2.75, 3.05) is 0 Å². The van der Waals surface area contributed by atoms with Crippen LogP contribution in [-0.4, -0.2) is 36.2 Å². The lowest BCUT2D eigenvalue weighted by Crippen LogP contribution is -2.36. The van der Waals surface area contributed by atoms with Crippen LogP contribution in [-0.2, 0) is 25.5 Å². The molecule has 1 aromatic carbocycles. The van der Waals surface area contributed by atoms with E-state index < -0.39 is 25.3 Å². The number of carbonyl (C=O) groups is 3. The smallest absolute Gasteiger partial charge is 0.526 e. The van der Waals surface area contributed by atoms with Crippen LogP contribution in [0.5, 0.6) is 5.75 Å². The summed E-state index contributed by atoms with van der Waals surface area (Å²) in [5.74, 6) is -1.61. The van der Waals surface area contributed by atoms with Gasteiger partial charge in [0.05, 0.1) is 5.92 Å². The first-order valence-corrected chi connectivity index (χ1v) is 9.12. The van der Waals surface area contributed by atoms with Crippen molar-refractivity contribution >= 4 is 24.8 Å². The van der Waals surface area contributed by atoms with E-state index in [4.69, 9.17) is 14.1 Å². The number of benzene rings is 1. The van der Waals surface area contributed by atoms with Crippen molar-refractivity contribution in [3.63, 3.8) is 0 Å². The number of rotatable bonds is 7. The van der Waals surface area contributed by atoms with Crippen molar-refractivity contribution in [2.45, 2.75) is 59.1 Å². The van der Waals surface area contributed by atoms with Crippen LogP contribution in [0, 0.1) is 5.92 Å². The minimum atomic E-state index is -1.18. The molecule has 2 rings (SSSR count). The van der Waals surface area contributed by atoms with Gasteiger partial charge in [-0.25, -0.2) is 4.79 Å². The molecule has 27 heavy (non-hydrogen) atoms. The summed E-state index contributed by atoms with van der Waals surface area (Å²) in [6.45, 7) is 6.59. The van der Waals surface area contributed by atoms with Gasteiger partial charge in [0.2, 0.25) is 6.29 Å². The summed E-state index contributed by atoms with van der Waals surface area (Å²) in [6, 6.07) is 4.98. The van der Waals surface area contributed by atoms with E-state index in [9.17, 15) is 19.4 Å². The summed E-state index contributed by atoms with van der Waals surface area (Å²) in [6.07, 6.45) is -0.0170. The standard InChI is InChI=1S/C19H25BO7/c1-5-15(21)10-14-9-13-7-6-8-16(17(13)27-20(14)24)19(23)26-12(4)25-18(22)11(2)3/h6-8,11-12,14,24H,5,9-10H2,1-4H3/t12?,14-/m1/s1. The molecular formula is C19H25BO7. The lowest BCUT2D eigenvalue weighted by atomic mass is 9.64. The number of fused-ring (bicyclic) bond motifs is 1. The molecule has 1 heterocycles. The molecule has 0 radical (unpaired) electrons. The number of para-hydroxylation sites is 1. The molecule has 2 atom stereocenters. The van der Waals surface area contributed by atoms with Gasteiger partial charge in [0.1, 0.15) is 17.1 Å². The Bertz CT molecular complexity index is 716. The van der Waals surface area contributed by atoms with Gasteiger partial charge in [-0.15, -0.1) is 0 Å². The Morgan fingerprint density at radius 1 is 1.26 bits per heavy atom. The molecule has 7 nitrogen and oxygen atoms in total. The molecule has 8 heteroatoms. The van der Waals surface area contributed by atoms with Crippen molar-refractivity contribution in [3.8, 4) is 5.75 Å². The second-order valence-electron chi connectivity index (χ2n) is 6.93. The highest BCUT2D eigenvalue weighted by Crippen LogP contribution is 2.36. The number of hydrogen-bond donors (Lipinski definition) is 1. The van der Waals surface area contributed by atoms with E-state index in [1.54, 1.807) is 32.9 Å². The molecule has 1 unspecified atom stereocenters. The number of hydrogen-bond acceptors (Lipinski definition) is 7. The average molecular weight is 376 g/mol. The minimum Gasteiger partial charge on any atom is -0.535 e. The fraction of sp³-hybridized carbons (Fsp3) is 0.526. The zero-order chi connectivity index (χ0) is 20.1. The van der Waals surface area contributed by atoms with Crippen LogP contribution in [0.15, 0.2) is 18.2 Å². The van der Waals surface area contributed by atoms with Crippen LogP contribution in [0.1, 0.15) is 56.5 Å². The molecule has 0 saturated heterocycles. The number of ether oxygens (including phenoxy) is 2. The molecule has 146 valence electrons. The van der Waals surface area contributed by atoms with E-state index in [1.165, 1.54) is 13.0 Å². The van der Waals surface area contributed by atoms with Crippen LogP contribution < -0.4 is 4.65 Å². The fourth-order valence-corrected chi connectivity index (χ4v) is 2.79. The molecule has 0 saturated carbocycles. The number of Topliss-reactive ketones (excluding diaryl/α,β-unsaturated/α-hetero) is 1. The van der Waals surface area contributed by atoms with E-state index in [0.29, 0.717) is 12.8 Å². The van der Waals surface area contributed by atoms with Gasteiger partial charge < -0.3 is 19.2 Å². The number of esters is 2. The third kappa shape index (κ3) is 5.32. The Hall–Kier alpha value is -2.35. The van der Waals surface area contributed by atoms with E-state index in [1.807, 2.05) is 0 Å². The number of carbonyl (C=O) groups excluding carboxylic acids is 3. The zero-order valence-electron chi connectivity index (χ0n) is 16.1. The topological polar surface area (TPSA) is 99.1 Å². The summed E-state index contributed by atoms with van der Waals surface area (Å²) in [5.41, 5.74) is 0.856. The fourth-order valence-electron chi connectivity index (χ4n) is 2.79. The molecule has 0 aliphatic carbocycles. The minimum absolute atomic E-state index is 0.0439. The summed E-state index contributed by atoms with van der Waals surface area (Å²) in [4.78, 5) is 35.7. The summed E-state index contributed by atoms with van der Waals surface area (Å²) >= 11 is 0. The van der Waals surface area contributed by atoms with Gasteiger partial charge in [-0.05, 0) is 18.1 Å². The van der Waals surface area contributed by atoms with Gasteiger partial charge in [0, 0.05) is 25.6 Å². The van der Waals surface area contributed by atoms with Crippen LogP contribution in [0.2, 0.25) is 5.82 Å². The monoisotopic (exact) mass is 376 g/mol. The first kappa shape index (κ1) is 21.0. The maximum absolute atomic E-state index is 12.5.